The summed E-state index contributed by atoms with van der Waals surface area (Å²) in [4.78, 5) is 22.9. The van der Waals surface area contributed by atoms with Crippen LogP contribution in [0.15, 0.2) is 28.1 Å². The van der Waals surface area contributed by atoms with Crippen molar-refractivity contribution in [2.75, 3.05) is 0 Å². The van der Waals surface area contributed by atoms with Crippen LogP contribution in [0, 0.1) is 6.92 Å². The highest BCUT2D eigenvalue weighted by Gasteiger charge is 2.12. The van der Waals surface area contributed by atoms with E-state index >= 15 is 0 Å². The van der Waals surface area contributed by atoms with E-state index in [9.17, 15) is 9.59 Å². The Balaban J connectivity index is 2.08. The summed E-state index contributed by atoms with van der Waals surface area (Å²) >= 11 is 11.7. The van der Waals surface area contributed by atoms with Gasteiger partial charge in [-0.1, -0.05) is 29.3 Å². The predicted octanol–water partition coefficient (Wildman–Crippen LogP) is 2.08. The monoisotopic (exact) mass is 312 g/mol. The third kappa shape index (κ3) is 3.09. The highest BCUT2D eigenvalue weighted by Crippen LogP contribution is 2.19. The van der Waals surface area contributed by atoms with Crippen LogP contribution in [0.1, 0.15) is 21.6 Å². The summed E-state index contributed by atoms with van der Waals surface area (Å²) in [6.45, 7) is 1.53. The summed E-state index contributed by atoms with van der Waals surface area (Å²) in [5.74, 6) is -0.526. The standard InChI is InChI=1S/C12H10Cl2N4O2/c1-6-10(16-18-11(6)19)12(20)17-15-5-7-2-3-8(13)4-9(7)14/h2-5H,1H3,(H,17,20)(H2,16,18,19)/b15-5-. The quantitative estimate of drug-likeness (QED) is 0.598. The molecule has 0 saturated carbocycles. The topological polar surface area (TPSA) is 90.1 Å². The molecule has 0 spiro atoms. The highest BCUT2D eigenvalue weighted by molar-refractivity contribution is 6.36. The second kappa shape index (κ2) is 5.94. The zero-order valence-corrected chi connectivity index (χ0v) is 11.8. The number of carbonyl (C=O) groups excluding carboxylic acids is 1. The minimum atomic E-state index is -0.526. The molecule has 0 aliphatic rings. The number of nitrogens with zero attached hydrogens (tertiary/aromatic N) is 1. The minimum Gasteiger partial charge on any atom is -0.293 e. The Bertz CT molecular complexity index is 733. The number of H-pyrrole nitrogens is 2. The Morgan fingerprint density at radius 2 is 2.10 bits per heavy atom. The molecule has 20 heavy (non-hydrogen) atoms. The summed E-state index contributed by atoms with van der Waals surface area (Å²) in [5, 5.41) is 9.49. The van der Waals surface area contributed by atoms with Gasteiger partial charge < -0.3 is 0 Å². The summed E-state index contributed by atoms with van der Waals surface area (Å²) in [7, 11) is 0. The smallest absolute Gasteiger partial charge is 0.289 e. The molecule has 0 atom stereocenters. The number of rotatable bonds is 3. The van der Waals surface area contributed by atoms with Gasteiger partial charge >= 0.3 is 0 Å². The minimum absolute atomic E-state index is 0.134. The van der Waals surface area contributed by atoms with Gasteiger partial charge in [0.2, 0.25) is 0 Å². The molecule has 0 saturated heterocycles. The maximum absolute atomic E-state index is 11.7. The molecular formula is C12H10Cl2N4O2. The van der Waals surface area contributed by atoms with Gasteiger partial charge in [-0.05, 0) is 19.1 Å². The fourth-order valence-corrected chi connectivity index (χ4v) is 1.93. The number of hydrogen-bond acceptors (Lipinski definition) is 3. The van der Waals surface area contributed by atoms with Crippen molar-refractivity contribution in [1.29, 1.82) is 0 Å². The molecule has 0 fully saturated rings. The Kier molecular flexibility index (Phi) is 4.26. The molecular weight excluding hydrogens is 303 g/mol. The lowest BCUT2D eigenvalue weighted by molar-refractivity contribution is 0.0949. The van der Waals surface area contributed by atoms with Crippen molar-refractivity contribution in [1.82, 2.24) is 15.6 Å². The maximum Gasteiger partial charge on any atom is 0.289 e. The average molecular weight is 313 g/mol. The van der Waals surface area contributed by atoms with Gasteiger partial charge in [0, 0.05) is 16.1 Å². The first-order valence-electron chi connectivity index (χ1n) is 5.54. The molecule has 104 valence electrons. The van der Waals surface area contributed by atoms with Gasteiger partial charge in [-0.15, -0.1) is 0 Å². The summed E-state index contributed by atoms with van der Waals surface area (Å²) in [6, 6.07) is 4.90. The molecule has 0 aliphatic carbocycles. The van der Waals surface area contributed by atoms with Crippen LogP contribution in [0.2, 0.25) is 10.0 Å². The lowest BCUT2D eigenvalue weighted by atomic mass is 10.2. The number of hydrogen-bond donors (Lipinski definition) is 3. The van der Waals surface area contributed by atoms with Crippen LogP contribution in [0.3, 0.4) is 0 Å². The molecule has 2 rings (SSSR count). The van der Waals surface area contributed by atoms with Crippen molar-refractivity contribution in [2.24, 2.45) is 5.10 Å². The summed E-state index contributed by atoms with van der Waals surface area (Å²) in [5.41, 5.74) is 2.98. The van der Waals surface area contributed by atoms with Crippen molar-refractivity contribution in [3.05, 3.63) is 55.4 Å². The number of aromatic amines is 2. The lowest BCUT2D eigenvalue weighted by Gasteiger charge is -1.99. The van der Waals surface area contributed by atoms with E-state index in [1.54, 1.807) is 18.2 Å². The van der Waals surface area contributed by atoms with Crippen molar-refractivity contribution >= 4 is 35.3 Å². The molecule has 0 radical (unpaired) electrons. The Hall–Kier alpha value is -2.05. The fraction of sp³-hybridized carbons (Fsp3) is 0.0833. The number of amides is 1. The first-order chi connectivity index (χ1) is 9.49. The number of nitrogens with one attached hydrogen (secondary N) is 3. The van der Waals surface area contributed by atoms with Crippen LogP contribution in [0.4, 0.5) is 0 Å². The molecule has 0 unspecified atom stereocenters. The lowest BCUT2D eigenvalue weighted by Crippen LogP contribution is -2.19. The largest absolute Gasteiger partial charge is 0.293 e. The summed E-state index contributed by atoms with van der Waals surface area (Å²) in [6.07, 6.45) is 1.39. The number of benzene rings is 1. The van der Waals surface area contributed by atoms with E-state index in [0.717, 1.165) is 0 Å². The van der Waals surface area contributed by atoms with Gasteiger partial charge in [-0.25, -0.2) is 5.43 Å². The van der Waals surface area contributed by atoms with Gasteiger partial charge in [0.25, 0.3) is 11.5 Å². The van der Waals surface area contributed by atoms with Gasteiger partial charge in [0.1, 0.15) is 5.69 Å². The van der Waals surface area contributed by atoms with Crippen LogP contribution < -0.4 is 11.0 Å². The molecule has 6 nitrogen and oxygen atoms in total. The Labute approximate surface area is 123 Å². The van der Waals surface area contributed by atoms with E-state index in [4.69, 9.17) is 23.2 Å². The van der Waals surface area contributed by atoms with Gasteiger partial charge in [-0.3, -0.25) is 19.8 Å². The second-order valence-corrected chi connectivity index (χ2v) is 4.79. The first-order valence-corrected chi connectivity index (χ1v) is 6.30. The molecule has 1 heterocycles. The Morgan fingerprint density at radius 1 is 1.35 bits per heavy atom. The van der Waals surface area contributed by atoms with E-state index in [1.165, 1.54) is 13.1 Å². The number of halogens is 2. The van der Waals surface area contributed by atoms with Crippen LogP contribution in [0.5, 0.6) is 0 Å². The van der Waals surface area contributed by atoms with Gasteiger partial charge in [0.15, 0.2) is 0 Å². The second-order valence-electron chi connectivity index (χ2n) is 3.94. The molecule has 0 aliphatic heterocycles. The molecule has 3 N–H and O–H groups in total. The average Bonchev–Trinajstić information content (AvgIpc) is 2.72. The molecule has 1 aromatic carbocycles. The van der Waals surface area contributed by atoms with E-state index in [1.807, 2.05) is 0 Å². The maximum atomic E-state index is 11.7. The molecule has 1 amide bonds. The molecule has 8 heteroatoms. The van der Waals surface area contributed by atoms with Crippen molar-refractivity contribution in [3.63, 3.8) is 0 Å². The van der Waals surface area contributed by atoms with Crippen LogP contribution >= 0.6 is 23.2 Å². The van der Waals surface area contributed by atoms with Crippen LogP contribution in [-0.2, 0) is 0 Å². The predicted molar refractivity (Wildman–Crippen MR) is 77.7 cm³/mol. The summed E-state index contributed by atoms with van der Waals surface area (Å²) < 4.78 is 0. The molecule has 0 bridgehead atoms. The fourth-order valence-electron chi connectivity index (χ4n) is 1.47. The third-order valence-corrected chi connectivity index (χ3v) is 3.14. The van der Waals surface area contributed by atoms with Crippen molar-refractivity contribution in [2.45, 2.75) is 6.92 Å². The zero-order valence-electron chi connectivity index (χ0n) is 10.3. The van der Waals surface area contributed by atoms with Crippen molar-refractivity contribution < 1.29 is 4.79 Å². The Morgan fingerprint density at radius 3 is 2.70 bits per heavy atom. The van der Waals surface area contributed by atoms with E-state index in [-0.39, 0.29) is 11.3 Å². The van der Waals surface area contributed by atoms with Gasteiger partial charge in [0.05, 0.1) is 11.2 Å². The number of hydrazone groups is 1. The zero-order chi connectivity index (χ0) is 14.7. The first kappa shape index (κ1) is 14.4. The molecule has 1 aromatic heterocycles. The van der Waals surface area contributed by atoms with E-state index in [0.29, 0.717) is 21.2 Å². The van der Waals surface area contributed by atoms with Crippen LogP contribution in [0.25, 0.3) is 0 Å². The van der Waals surface area contributed by atoms with Crippen LogP contribution in [-0.4, -0.2) is 22.3 Å². The van der Waals surface area contributed by atoms with E-state index in [2.05, 4.69) is 20.7 Å². The molecule has 2 aromatic rings. The van der Waals surface area contributed by atoms with Crippen molar-refractivity contribution in [3.8, 4) is 0 Å². The highest BCUT2D eigenvalue weighted by atomic mass is 35.5. The SMILES string of the molecule is Cc1c(C(=O)N/N=C\c2ccc(Cl)cc2Cl)[nH][nH]c1=O. The normalized spacial score (nSPS) is 10.9. The number of carbonyl (C=O) groups is 1. The third-order valence-electron chi connectivity index (χ3n) is 2.58. The van der Waals surface area contributed by atoms with Gasteiger partial charge in [-0.2, -0.15) is 5.10 Å². The number of aromatic nitrogens is 2. The van der Waals surface area contributed by atoms with E-state index < -0.39 is 5.91 Å².